The number of nitrogens with one attached hydrogen (secondary N) is 2. The molecule has 7 heteroatoms. The predicted octanol–water partition coefficient (Wildman–Crippen LogP) is 2.79. The molecular weight excluding hydrogens is 394 g/mol. The largest absolute Gasteiger partial charge is 0.493 e. The van der Waals surface area contributed by atoms with E-state index in [1.807, 2.05) is 42.5 Å². The van der Waals surface area contributed by atoms with E-state index in [4.69, 9.17) is 13.9 Å². The minimum absolute atomic E-state index is 0.242. The Morgan fingerprint density at radius 2 is 1.90 bits per heavy atom. The monoisotopic (exact) mass is 423 g/mol. The molecule has 0 saturated carbocycles. The van der Waals surface area contributed by atoms with E-state index >= 15 is 0 Å². The van der Waals surface area contributed by atoms with Crippen LogP contribution in [0.3, 0.4) is 0 Å². The summed E-state index contributed by atoms with van der Waals surface area (Å²) in [4.78, 5) is 15.1. The molecule has 0 bridgehead atoms. The van der Waals surface area contributed by atoms with Gasteiger partial charge in [-0.25, -0.2) is 0 Å². The number of ether oxygens (including phenoxy) is 2. The molecule has 164 valence electrons. The number of fused-ring (bicyclic) bond motifs is 1. The van der Waals surface area contributed by atoms with Gasteiger partial charge in [0, 0.05) is 44.7 Å². The van der Waals surface area contributed by atoms with Gasteiger partial charge in [0.25, 0.3) is 5.91 Å². The topological polar surface area (TPSA) is 76.0 Å². The quantitative estimate of drug-likeness (QED) is 0.516. The number of hydrogen-bond acceptors (Lipinski definition) is 6. The normalized spacial score (nSPS) is 14.6. The first kappa shape index (κ1) is 21.4. The lowest BCUT2D eigenvalue weighted by Gasteiger charge is -2.26. The number of methoxy groups -OCH3 is 1. The van der Waals surface area contributed by atoms with Crippen molar-refractivity contribution < 1.29 is 18.7 Å². The van der Waals surface area contributed by atoms with Crippen molar-refractivity contribution in [2.75, 3.05) is 46.5 Å². The zero-order valence-electron chi connectivity index (χ0n) is 17.9. The second kappa shape index (κ2) is 10.4. The highest BCUT2D eigenvalue weighted by Gasteiger charge is 2.17. The Labute approximate surface area is 182 Å². The van der Waals surface area contributed by atoms with Crippen molar-refractivity contribution in [3.05, 3.63) is 65.4 Å². The van der Waals surface area contributed by atoms with E-state index in [1.54, 1.807) is 13.2 Å². The third kappa shape index (κ3) is 5.44. The lowest BCUT2D eigenvalue weighted by molar-refractivity contribution is 0.0384. The van der Waals surface area contributed by atoms with E-state index in [-0.39, 0.29) is 11.7 Å². The van der Waals surface area contributed by atoms with Gasteiger partial charge in [-0.3, -0.25) is 9.69 Å². The zero-order chi connectivity index (χ0) is 21.5. The Bertz CT molecular complexity index is 997. The highest BCUT2D eigenvalue weighted by Crippen LogP contribution is 2.31. The predicted molar refractivity (Wildman–Crippen MR) is 119 cm³/mol. The van der Waals surface area contributed by atoms with Crippen molar-refractivity contribution in [2.24, 2.45) is 0 Å². The summed E-state index contributed by atoms with van der Waals surface area (Å²) in [5, 5.41) is 7.31. The highest BCUT2D eigenvalue weighted by atomic mass is 16.5. The fourth-order valence-electron chi connectivity index (χ4n) is 3.73. The number of benzene rings is 2. The first-order valence-corrected chi connectivity index (χ1v) is 10.7. The number of hydrogen-bond donors (Lipinski definition) is 2. The van der Waals surface area contributed by atoms with Crippen LogP contribution in [0.25, 0.3) is 11.0 Å². The molecule has 4 rings (SSSR count). The lowest BCUT2D eigenvalue weighted by Crippen LogP contribution is -2.40. The Kier molecular flexibility index (Phi) is 7.19. The number of nitrogens with zero attached hydrogens (tertiary/aromatic N) is 1. The molecule has 0 atom stereocenters. The molecule has 0 aliphatic carbocycles. The summed E-state index contributed by atoms with van der Waals surface area (Å²) >= 11 is 0. The van der Waals surface area contributed by atoms with Crippen molar-refractivity contribution >= 4 is 16.9 Å². The Morgan fingerprint density at radius 3 is 2.68 bits per heavy atom. The van der Waals surface area contributed by atoms with Gasteiger partial charge in [-0.2, -0.15) is 0 Å². The van der Waals surface area contributed by atoms with Gasteiger partial charge in [0.05, 0.1) is 20.3 Å². The van der Waals surface area contributed by atoms with Crippen LogP contribution in [-0.4, -0.2) is 57.3 Å². The Balaban J connectivity index is 1.41. The minimum Gasteiger partial charge on any atom is -0.493 e. The van der Waals surface area contributed by atoms with Gasteiger partial charge in [-0.05, 0) is 23.3 Å². The Morgan fingerprint density at radius 1 is 1.10 bits per heavy atom. The number of rotatable bonds is 9. The van der Waals surface area contributed by atoms with Crippen LogP contribution in [0.1, 0.15) is 21.7 Å². The van der Waals surface area contributed by atoms with Crippen LogP contribution in [0.4, 0.5) is 0 Å². The summed E-state index contributed by atoms with van der Waals surface area (Å²) in [6.07, 6.45) is 0. The average molecular weight is 424 g/mol. The van der Waals surface area contributed by atoms with Crippen LogP contribution in [0.2, 0.25) is 0 Å². The number of carbonyl (C=O) groups excluding carboxylic acids is 1. The van der Waals surface area contributed by atoms with E-state index in [1.165, 1.54) is 0 Å². The number of carbonyl (C=O) groups is 1. The molecule has 1 aromatic heterocycles. The highest BCUT2D eigenvalue weighted by molar-refractivity contribution is 5.98. The maximum atomic E-state index is 12.7. The molecule has 1 fully saturated rings. The van der Waals surface area contributed by atoms with E-state index < -0.39 is 0 Å². The third-order valence-corrected chi connectivity index (χ3v) is 5.50. The Hall–Kier alpha value is -2.87. The van der Waals surface area contributed by atoms with Gasteiger partial charge in [0.2, 0.25) is 0 Å². The lowest BCUT2D eigenvalue weighted by atomic mass is 10.1. The molecule has 0 spiro atoms. The summed E-state index contributed by atoms with van der Waals surface area (Å²) in [7, 11) is 1.60. The van der Waals surface area contributed by atoms with Crippen LogP contribution in [0, 0.1) is 0 Å². The first-order chi connectivity index (χ1) is 15.2. The molecule has 2 heterocycles. The summed E-state index contributed by atoms with van der Waals surface area (Å²) in [6, 6.07) is 15.5. The molecule has 7 nitrogen and oxygen atoms in total. The van der Waals surface area contributed by atoms with Gasteiger partial charge < -0.3 is 24.5 Å². The summed E-state index contributed by atoms with van der Waals surface area (Å²) in [5.74, 6) is 0.660. The second-order valence-electron chi connectivity index (χ2n) is 7.58. The van der Waals surface area contributed by atoms with Crippen LogP contribution < -0.4 is 15.4 Å². The molecule has 1 aliphatic heterocycles. The van der Waals surface area contributed by atoms with Crippen molar-refractivity contribution in [1.29, 1.82) is 0 Å². The molecule has 1 amide bonds. The third-order valence-electron chi connectivity index (χ3n) is 5.50. The van der Waals surface area contributed by atoms with Gasteiger partial charge in [-0.1, -0.05) is 36.4 Å². The molecular formula is C24H29N3O4. The van der Waals surface area contributed by atoms with Crippen LogP contribution in [0.5, 0.6) is 5.75 Å². The second-order valence-corrected chi connectivity index (χ2v) is 7.58. The standard InChI is InChI=1S/C24H29N3O4/c1-29-21-8-7-19(17-25-9-10-27-11-13-30-14-12-27)20-15-22(31-23(20)21)24(28)26-16-18-5-3-2-4-6-18/h2-8,15,25H,9-14,16-17H2,1H3,(H,26,28). The van der Waals surface area contributed by atoms with Crippen molar-refractivity contribution in [3.63, 3.8) is 0 Å². The molecule has 1 saturated heterocycles. The molecule has 0 unspecified atom stereocenters. The van der Waals surface area contributed by atoms with E-state index in [2.05, 4.69) is 15.5 Å². The fraction of sp³-hybridized carbons (Fsp3) is 0.375. The van der Waals surface area contributed by atoms with E-state index in [0.717, 1.165) is 55.9 Å². The van der Waals surface area contributed by atoms with Crippen molar-refractivity contribution in [3.8, 4) is 5.75 Å². The average Bonchev–Trinajstić information content (AvgIpc) is 3.27. The number of morpholine rings is 1. The fourth-order valence-corrected chi connectivity index (χ4v) is 3.73. The number of amides is 1. The van der Waals surface area contributed by atoms with Crippen LogP contribution in [0.15, 0.2) is 52.9 Å². The molecule has 1 aliphatic rings. The van der Waals surface area contributed by atoms with Crippen LogP contribution in [-0.2, 0) is 17.8 Å². The van der Waals surface area contributed by atoms with Crippen molar-refractivity contribution in [1.82, 2.24) is 15.5 Å². The van der Waals surface area contributed by atoms with Gasteiger partial charge >= 0.3 is 0 Å². The van der Waals surface area contributed by atoms with Crippen molar-refractivity contribution in [2.45, 2.75) is 13.1 Å². The van der Waals surface area contributed by atoms with Crippen LogP contribution >= 0.6 is 0 Å². The van der Waals surface area contributed by atoms with E-state index in [0.29, 0.717) is 24.4 Å². The molecule has 0 radical (unpaired) electrons. The summed E-state index contributed by atoms with van der Waals surface area (Å²) in [5.41, 5.74) is 2.71. The maximum absolute atomic E-state index is 12.7. The maximum Gasteiger partial charge on any atom is 0.287 e. The number of furan rings is 1. The smallest absolute Gasteiger partial charge is 0.287 e. The molecule has 2 N–H and O–H groups in total. The molecule has 2 aromatic carbocycles. The zero-order valence-corrected chi connectivity index (χ0v) is 17.9. The SMILES string of the molecule is COc1ccc(CNCCN2CCOCC2)c2cc(C(=O)NCc3ccccc3)oc12. The van der Waals surface area contributed by atoms with Gasteiger partial charge in [0.15, 0.2) is 17.1 Å². The molecule has 31 heavy (non-hydrogen) atoms. The first-order valence-electron chi connectivity index (χ1n) is 10.7. The van der Waals surface area contributed by atoms with Gasteiger partial charge in [0.1, 0.15) is 0 Å². The summed E-state index contributed by atoms with van der Waals surface area (Å²) in [6.45, 7) is 6.60. The molecule has 3 aromatic rings. The minimum atomic E-state index is -0.242. The van der Waals surface area contributed by atoms with Gasteiger partial charge in [-0.15, -0.1) is 0 Å². The summed E-state index contributed by atoms with van der Waals surface area (Å²) < 4.78 is 16.7. The van der Waals surface area contributed by atoms with E-state index in [9.17, 15) is 4.79 Å².